The van der Waals surface area contributed by atoms with E-state index in [4.69, 9.17) is 14.2 Å². The quantitative estimate of drug-likeness (QED) is 0.586. The van der Waals surface area contributed by atoms with E-state index in [0.29, 0.717) is 34.9 Å². The molecule has 1 heterocycles. The van der Waals surface area contributed by atoms with Gasteiger partial charge in [-0.15, -0.1) is 0 Å². The molecule has 1 N–H and O–H groups in total. The third-order valence-electron chi connectivity index (χ3n) is 4.76. The van der Waals surface area contributed by atoms with Crippen molar-refractivity contribution in [3.63, 3.8) is 0 Å². The first-order chi connectivity index (χ1) is 15.0. The highest BCUT2D eigenvalue weighted by Gasteiger charge is 2.39. The molecule has 2 aromatic carbocycles. The van der Waals surface area contributed by atoms with Crippen LogP contribution in [0, 0.1) is 0 Å². The van der Waals surface area contributed by atoms with Gasteiger partial charge in [0.05, 0.1) is 44.2 Å². The van der Waals surface area contributed by atoms with Crippen LogP contribution in [0.1, 0.15) is 26.3 Å². The van der Waals surface area contributed by atoms with Crippen LogP contribution in [0.5, 0.6) is 11.5 Å². The van der Waals surface area contributed by atoms with Gasteiger partial charge in [-0.1, -0.05) is 24.3 Å². The van der Waals surface area contributed by atoms with Crippen molar-refractivity contribution in [2.45, 2.75) is 26.9 Å². The first kappa shape index (κ1) is 22.4. The van der Waals surface area contributed by atoms with Crippen LogP contribution in [0.3, 0.4) is 0 Å². The highest BCUT2D eigenvalue weighted by molar-refractivity contribution is 6.36. The summed E-state index contributed by atoms with van der Waals surface area (Å²) < 4.78 is 16.4. The zero-order valence-corrected chi connectivity index (χ0v) is 18.3. The summed E-state index contributed by atoms with van der Waals surface area (Å²) in [6.07, 6.45) is 0.0116. The number of methoxy groups -OCH3 is 1. The SMILES string of the molecule is CCOc1ccccc1NC1=C(c2ccc(OC)cc2)C(=O)N(CCOC(C)C)C1=O. The standard InChI is InChI=1S/C24H28N2O5/c1-5-30-20-9-7-6-8-19(20)25-22-21(17-10-12-18(29-4)13-11-17)23(27)26(24(22)28)14-15-31-16(2)3/h6-13,16,25H,5,14-15H2,1-4H3. The third-order valence-corrected chi connectivity index (χ3v) is 4.76. The average molecular weight is 424 g/mol. The molecule has 0 saturated carbocycles. The van der Waals surface area contributed by atoms with Crippen molar-refractivity contribution in [3.8, 4) is 11.5 Å². The highest BCUT2D eigenvalue weighted by Crippen LogP contribution is 2.33. The minimum absolute atomic E-state index is 0.0116. The maximum Gasteiger partial charge on any atom is 0.278 e. The molecule has 0 fully saturated rings. The molecule has 0 bridgehead atoms. The van der Waals surface area contributed by atoms with Crippen LogP contribution in [-0.4, -0.2) is 49.7 Å². The molecule has 1 aliphatic rings. The summed E-state index contributed by atoms with van der Waals surface area (Å²) in [5.41, 5.74) is 1.77. The molecule has 0 unspecified atom stereocenters. The number of nitrogens with zero attached hydrogens (tertiary/aromatic N) is 1. The molecule has 0 atom stereocenters. The van der Waals surface area contributed by atoms with E-state index in [-0.39, 0.29) is 30.9 Å². The number of para-hydroxylation sites is 2. The van der Waals surface area contributed by atoms with Gasteiger partial charge in [0.25, 0.3) is 11.8 Å². The second-order valence-corrected chi connectivity index (χ2v) is 7.21. The Bertz CT molecular complexity index is 966. The van der Waals surface area contributed by atoms with Crippen LogP contribution in [0.2, 0.25) is 0 Å². The third kappa shape index (κ3) is 5.06. The first-order valence-corrected chi connectivity index (χ1v) is 10.3. The van der Waals surface area contributed by atoms with Gasteiger partial charge in [0.1, 0.15) is 17.2 Å². The summed E-state index contributed by atoms with van der Waals surface area (Å²) in [4.78, 5) is 27.7. The number of carbonyl (C=O) groups excluding carboxylic acids is 2. The molecule has 1 aliphatic heterocycles. The molecule has 0 spiro atoms. The van der Waals surface area contributed by atoms with Crippen LogP contribution < -0.4 is 14.8 Å². The van der Waals surface area contributed by atoms with Crippen molar-refractivity contribution in [2.24, 2.45) is 0 Å². The van der Waals surface area contributed by atoms with E-state index in [0.717, 1.165) is 0 Å². The molecule has 0 radical (unpaired) electrons. The molecule has 7 heteroatoms. The van der Waals surface area contributed by atoms with Gasteiger partial charge < -0.3 is 19.5 Å². The number of anilines is 1. The molecule has 31 heavy (non-hydrogen) atoms. The van der Waals surface area contributed by atoms with Gasteiger partial charge in [-0.2, -0.15) is 0 Å². The fraction of sp³-hybridized carbons (Fsp3) is 0.333. The summed E-state index contributed by atoms with van der Waals surface area (Å²) in [5, 5.41) is 3.15. The predicted molar refractivity (Wildman–Crippen MR) is 119 cm³/mol. The topological polar surface area (TPSA) is 77.1 Å². The predicted octanol–water partition coefficient (Wildman–Crippen LogP) is 3.71. The van der Waals surface area contributed by atoms with Crippen molar-refractivity contribution < 1.29 is 23.8 Å². The Morgan fingerprint density at radius 3 is 2.35 bits per heavy atom. The van der Waals surface area contributed by atoms with Gasteiger partial charge in [0, 0.05) is 0 Å². The molecule has 0 saturated heterocycles. The lowest BCUT2D eigenvalue weighted by atomic mass is 10.0. The number of imide groups is 1. The zero-order valence-electron chi connectivity index (χ0n) is 18.3. The lowest BCUT2D eigenvalue weighted by Crippen LogP contribution is -2.35. The molecule has 0 aromatic heterocycles. The van der Waals surface area contributed by atoms with Crippen molar-refractivity contribution in [2.75, 3.05) is 32.2 Å². The number of hydrogen-bond donors (Lipinski definition) is 1. The number of benzene rings is 2. The van der Waals surface area contributed by atoms with Crippen LogP contribution in [0.15, 0.2) is 54.2 Å². The molecular formula is C24H28N2O5. The van der Waals surface area contributed by atoms with E-state index in [1.807, 2.05) is 45.0 Å². The molecule has 2 amide bonds. The van der Waals surface area contributed by atoms with Crippen LogP contribution >= 0.6 is 0 Å². The minimum Gasteiger partial charge on any atom is -0.497 e. The summed E-state index contributed by atoms with van der Waals surface area (Å²) in [6.45, 7) is 6.63. The van der Waals surface area contributed by atoms with Gasteiger partial charge in [-0.05, 0) is 50.6 Å². The van der Waals surface area contributed by atoms with E-state index in [2.05, 4.69) is 5.32 Å². The number of carbonyl (C=O) groups is 2. The highest BCUT2D eigenvalue weighted by atomic mass is 16.5. The number of ether oxygens (including phenoxy) is 3. The molecule has 2 aromatic rings. The van der Waals surface area contributed by atoms with Crippen molar-refractivity contribution in [1.29, 1.82) is 0 Å². The fourth-order valence-electron chi connectivity index (χ4n) is 3.29. The number of hydrogen-bond acceptors (Lipinski definition) is 6. The number of rotatable bonds is 10. The van der Waals surface area contributed by atoms with Crippen molar-refractivity contribution >= 4 is 23.1 Å². The maximum atomic E-state index is 13.2. The second-order valence-electron chi connectivity index (χ2n) is 7.21. The summed E-state index contributed by atoms with van der Waals surface area (Å²) in [6, 6.07) is 14.4. The Kier molecular flexibility index (Phi) is 7.31. The molecule has 3 rings (SSSR count). The Morgan fingerprint density at radius 1 is 1.00 bits per heavy atom. The first-order valence-electron chi connectivity index (χ1n) is 10.3. The lowest BCUT2D eigenvalue weighted by Gasteiger charge is -2.17. The van der Waals surface area contributed by atoms with E-state index < -0.39 is 5.91 Å². The van der Waals surface area contributed by atoms with Gasteiger partial charge >= 0.3 is 0 Å². The van der Waals surface area contributed by atoms with E-state index in [1.165, 1.54) is 4.90 Å². The Balaban J connectivity index is 1.98. The molecule has 164 valence electrons. The van der Waals surface area contributed by atoms with Crippen LogP contribution in [-0.2, 0) is 14.3 Å². The zero-order chi connectivity index (χ0) is 22.4. The summed E-state index contributed by atoms with van der Waals surface area (Å²) in [7, 11) is 1.58. The van der Waals surface area contributed by atoms with E-state index in [9.17, 15) is 9.59 Å². The normalized spacial score (nSPS) is 13.9. The van der Waals surface area contributed by atoms with Crippen LogP contribution in [0.25, 0.3) is 5.57 Å². The minimum atomic E-state index is -0.394. The molecule has 0 aliphatic carbocycles. The van der Waals surface area contributed by atoms with Gasteiger partial charge in [0.15, 0.2) is 0 Å². The van der Waals surface area contributed by atoms with E-state index in [1.54, 1.807) is 31.4 Å². The summed E-state index contributed by atoms with van der Waals surface area (Å²) in [5.74, 6) is 0.515. The number of amides is 2. The largest absolute Gasteiger partial charge is 0.497 e. The van der Waals surface area contributed by atoms with Crippen LogP contribution in [0.4, 0.5) is 5.69 Å². The molecular weight excluding hydrogens is 396 g/mol. The van der Waals surface area contributed by atoms with Gasteiger partial charge in [-0.3, -0.25) is 14.5 Å². The fourth-order valence-corrected chi connectivity index (χ4v) is 3.29. The maximum absolute atomic E-state index is 13.2. The molecule has 7 nitrogen and oxygen atoms in total. The Morgan fingerprint density at radius 2 is 1.71 bits per heavy atom. The Labute approximate surface area is 182 Å². The van der Waals surface area contributed by atoms with E-state index >= 15 is 0 Å². The monoisotopic (exact) mass is 424 g/mol. The lowest BCUT2D eigenvalue weighted by molar-refractivity contribution is -0.137. The van der Waals surface area contributed by atoms with Crippen molar-refractivity contribution in [1.82, 2.24) is 4.90 Å². The van der Waals surface area contributed by atoms with Crippen molar-refractivity contribution in [3.05, 3.63) is 59.8 Å². The smallest absolute Gasteiger partial charge is 0.278 e. The van der Waals surface area contributed by atoms with Gasteiger partial charge in [0.2, 0.25) is 0 Å². The Hall–Kier alpha value is -3.32. The second kappa shape index (κ2) is 10.1. The van der Waals surface area contributed by atoms with Gasteiger partial charge in [-0.25, -0.2) is 0 Å². The number of nitrogens with one attached hydrogen (secondary N) is 1. The summed E-state index contributed by atoms with van der Waals surface area (Å²) >= 11 is 0. The average Bonchev–Trinajstić information content (AvgIpc) is 2.99.